The van der Waals surface area contributed by atoms with Gasteiger partial charge in [0.1, 0.15) is 0 Å². The van der Waals surface area contributed by atoms with Crippen molar-refractivity contribution < 1.29 is 0 Å². The van der Waals surface area contributed by atoms with Gasteiger partial charge < -0.3 is 10.2 Å². The summed E-state index contributed by atoms with van der Waals surface area (Å²) in [5, 5.41) is 3.54. The van der Waals surface area contributed by atoms with E-state index in [-0.39, 0.29) is 0 Å². The predicted octanol–water partition coefficient (Wildman–Crippen LogP) is 2.14. The number of rotatable bonds is 3. The lowest BCUT2D eigenvalue weighted by atomic mass is 9.98. The maximum atomic E-state index is 4.10. The van der Waals surface area contributed by atoms with Crippen molar-refractivity contribution in [3.05, 3.63) is 24.0 Å². The summed E-state index contributed by atoms with van der Waals surface area (Å²) < 4.78 is 0. The van der Waals surface area contributed by atoms with Crippen LogP contribution in [0.2, 0.25) is 0 Å². The topological polar surface area (TPSA) is 28.2 Å². The minimum Gasteiger partial charge on any atom is -0.384 e. The van der Waals surface area contributed by atoms with Crippen molar-refractivity contribution in [1.82, 2.24) is 9.88 Å². The summed E-state index contributed by atoms with van der Waals surface area (Å²) in [4.78, 5) is 6.53. The molecule has 88 valence electrons. The van der Waals surface area contributed by atoms with E-state index in [2.05, 4.69) is 35.2 Å². The number of piperidine rings is 1. The fourth-order valence-corrected chi connectivity index (χ4v) is 2.37. The lowest BCUT2D eigenvalue weighted by Gasteiger charge is -2.30. The van der Waals surface area contributed by atoms with Gasteiger partial charge in [0.15, 0.2) is 0 Å². The molecule has 1 unspecified atom stereocenters. The molecule has 1 aromatic heterocycles. The zero-order valence-corrected chi connectivity index (χ0v) is 10.2. The van der Waals surface area contributed by atoms with Crippen LogP contribution in [0.1, 0.15) is 18.4 Å². The van der Waals surface area contributed by atoms with Gasteiger partial charge in [0.05, 0.1) is 0 Å². The molecule has 2 rings (SSSR count). The number of pyridine rings is 1. The number of nitrogens with one attached hydrogen (secondary N) is 1. The van der Waals surface area contributed by atoms with Crippen LogP contribution in [0.25, 0.3) is 0 Å². The SMILES string of the molecule is Cc1cnccc1NCC1CCCN(C)C1. The molecular formula is C13H21N3. The van der Waals surface area contributed by atoms with E-state index in [0.717, 1.165) is 12.5 Å². The molecule has 0 amide bonds. The normalized spacial score (nSPS) is 22.0. The van der Waals surface area contributed by atoms with Gasteiger partial charge in [-0.2, -0.15) is 0 Å². The largest absolute Gasteiger partial charge is 0.384 e. The second-order valence-corrected chi connectivity index (χ2v) is 4.84. The maximum absolute atomic E-state index is 4.10. The van der Waals surface area contributed by atoms with Crippen LogP contribution < -0.4 is 5.32 Å². The monoisotopic (exact) mass is 219 g/mol. The minimum absolute atomic E-state index is 0.784. The molecule has 0 radical (unpaired) electrons. The van der Waals surface area contributed by atoms with Gasteiger partial charge in [0.25, 0.3) is 0 Å². The molecule has 0 aliphatic carbocycles. The summed E-state index contributed by atoms with van der Waals surface area (Å²) in [5.41, 5.74) is 2.45. The number of hydrogen-bond donors (Lipinski definition) is 1. The van der Waals surface area contributed by atoms with Gasteiger partial charge in [0, 0.05) is 31.2 Å². The second-order valence-electron chi connectivity index (χ2n) is 4.84. The molecule has 1 atom stereocenters. The summed E-state index contributed by atoms with van der Waals surface area (Å²) in [6.45, 7) is 5.65. The molecule has 0 bridgehead atoms. The Hall–Kier alpha value is -1.09. The summed E-state index contributed by atoms with van der Waals surface area (Å²) in [6, 6.07) is 2.06. The Morgan fingerprint density at radius 2 is 2.44 bits per heavy atom. The minimum atomic E-state index is 0.784. The van der Waals surface area contributed by atoms with E-state index in [1.165, 1.54) is 37.2 Å². The van der Waals surface area contributed by atoms with Gasteiger partial charge in [-0.15, -0.1) is 0 Å². The van der Waals surface area contributed by atoms with Gasteiger partial charge in [-0.25, -0.2) is 0 Å². The van der Waals surface area contributed by atoms with Crippen LogP contribution in [0.4, 0.5) is 5.69 Å². The average molecular weight is 219 g/mol. The Labute approximate surface area is 97.9 Å². The van der Waals surface area contributed by atoms with E-state index >= 15 is 0 Å². The molecule has 16 heavy (non-hydrogen) atoms. The molecule has 0 aromatic carbocycles. The average Bonchev–Trinajstić information content (AvgIpc) is 2.28. The van der Waals surface area contributed by atoms with Crippen molar-refractivity contribution in [2.24, 2.45) is 5.92 Å². The Kier molecular flexibility index (Phi) is 3.78. The Bertz CT molecular complexity index is 338. The first-order valence-corrected chi connectivity index (χ1v) is 6.09. The Morgan fingerprint density at radius 3 is 3.19 bits per heavy atom. The van der Waals surface area contributed by atoms with Crippen molar-refractivity contribution in [2.75, 3.05) is 32.0 Å². The van der Waals surface area contributed by atoms with Crippen LogP contribution in [-0.2, 0) is 0 Å². The number of aryl methyl sites for hydroxylation is 1. The zero-order valence-electron chi connectivity index (χ0n) is 10.2. The molecule has 1 N–H and O–H groups in total. The number of likely N-dealkylation sites (tertiary alicyclic amines) is 1. The third kappa shape index (κ3) is 2.95. The van der Waals surface area contributed by atoms with Gasteiger partial charge in [-0.1, -0.05) is 0 Å². The van der Waals surface area contributed by atoms with Gasteiger partial charge in [-0.05, 0) is 50.9 Å². The fourth-order valence-electron chi connectivity index (χ4n) is 2.37. The third-order valence-corrected chi connectivity index (χ3v) is 3.32. The van der Waals surface area contributed by atoms with E-state index in [1.807, 2.05) is 12.4 Å². The standard InChI is InChI=1S/C13H21N3/c1-11-8-14-6-5-13(11)15-9-12-4-3-7-16(2)10-12/h5-6,8,12H,3-4,7,9-10H2,1-2H3,(H,14,15). The fraction of sp³-hybridized carbons (Fsp3) is 0.615. The molecule has 0 saturated carbocycles. The lowest BCUT2D eigenvalue weighted by molar-refractivity contribution is 0.217. The smallest absolute Gasteiger partial charge is 0.0400 e. The van der Waals surface area contributed by atoms with Crippen molar-refractivity contribution >= 4 is 5.69 Å². The Balaban J connectivity index is 1.85. The maximum Gasteiger partial charge on any atom is 0.0400 e. The van der Waals surface area contributed by atoms with E-state index in [0.29, 0.717) is 0 Å². The van der Waals surface area contributed by atoms with Gasteiger partial charge in [-0.3, -0.25) is 4.98 Å². The highest BCUT2D eigenvalue weighted by Gasteiger charge is 2.16. The molecule has 1 aliphatic rings. The molecule has 3 nitrogen and oxygen atoms in total. The van der Waals surface area contributed by atoms with E-state index < -0.39 is 0 Å². The number of nitrogens with zero attached hydrogens (tertiary/aromatic N) is 2. The zero-order chi connectivity index (χ0) is 11.4. The van der Waals surface area contributed by atoms with Crippen molar-refractivity contribution in [3.8, 4) is 0 Å². The van der Waals surface area contributed by atoms with Gasteiger partial charge >= 0.3 is 0 Å². The summed E-state index contributed by atoms with van der Waals surface area (Å²) >= 11 is 0. The van der Waals surface area contributed by atoms with Gasteiger partial charge in [0.2, 0.25) is 0 Å². The number of aromatic nitrogens is 1. The van der Waals surface area contributed by atoms with Crippen LogP contribution in [0.3, 0.4) is 0 Å². The molecule has 1 aliphatic heterocycles. The molecule has 1 aromatic rings. The van der Waals surface area contributed by atoms with E-state index in [9.17, 15) is 0 Å². The molecule has 1 fully saturated rings. The first kappa shape index (κ1) is 11.4. The van der Waals surface area contributed by atoms with Crippen molar-refractivity contribution in [1.29, 1.82) is 0 Å². The highest BCUT2D eigenvalue weighted by molar-refractivity contribution is 5.48. The highest BCUT2D eigenvalue weighted by Crippen LogP contribution is 2.17. The molecule has 1 saturated heterocycles. The van der Waals surface area contributed by atoms with Crippen molar-refractivity contribution in [3.63, 3.8) is 0 Å². The van der Waals surface area contributed by atoms with Crippen LogP contribution >= 0.6 is 0 Å². The van der Waals surface area contributed by atoms with E-state index in [4.69, 9.17) is 0 Å². The first-order chi connectivity index (χ1) is 7.75. The predicted molar refractivity (Wildman–Crippen MR) is 67.7 cm³/mol. The number of hydrogen-bond acceptors (Lipinski definition) is 3. The summed E-state index contributed by atoms with van der Waals surface area (Å²) in [5.74, 6) is 0.784. The van der Waals surface area contributed by atoms with Crippen LogP contribution in [0.5, 0.6) is 0 Å². The lowest BCUT2D eigenvalue weighted by Crippen LogP contribution is -2.35. The van der Waals surface area contributed by atoms with Crippen LogP contribution in [0, 0.1) is 12.8 Å². The number of anilines is 1. The van der Waals surface area contributed by atoms with Crippen molar-refractivity contribution in [2.45, 2.75) is 19.8 Å². The summed E-state index contributed by atoms with van der Waals surface area (Å²) in [7, 11) is 2.21. The van der Waals surface area contributed by atoms with Crippen LogP contribution in [-0.4, -0.2) is 36.6 Å². The Morgan fingerprint density at radius 1 is 1.56 bits per heavy atom. The molecule has 3 heteroatoms. The third-order valence-electron chi connectivity index (χ3n) is 3.32. The molecule has 2 heterocycles. The highest BCUT2D eigenvalue weighted by atomic mass is 15.1. The quantitative estimate of drug-likeness (QED) is 0.844. The molecular weight excluding hydrogens is 198 g/mol. The van der Waals surface area contributed by atoms with E-state index in [1.54, 1.807) is 0 Å². The second kappa shape index (κ2) is 5.30. The van der Waals surface area contributed by atoms with Crippen LogP contribution in [0.15, 0.2) is 18.5 Å². The molecule has 0 spiro atoms. The summed E-state index contributed by atoms with van der Waals surface area (Å²) in [6.07, 6.45) is 6.44. The first-order valence-electron chi connectivity index (χ1n) is 6.09.